The third-order valence-corrected chi connectivity index (χ3v) is 5.03. The van der Waals surface area contributed by atoms with Crippen molar-refractivity contribution in [3.63, 3.8) is 0 Å². The molecule has 2 heterocycles. The molecule has 1 aliphatic heterocycles. The van der Waals surface area contributed by atoms with E-state index in [9.17, 15) is 22.4 Å². The first-order chi connectivity index (χ1) is 15.8. The van der Waals surface area contributed by atoms with E-state index in [4.69, 9.17) is 10.00 Å². The van der Waals surface area contributed by atoms with Gasteiger partial charge in [-0.25, -0.2) is 9.07 Å². The number of halogens is 4. The number of nitriles is 1. The Morgan fingerprint density at radius 3 is 2.52 bits per heavy atom. The Labute approximate surface area is 185 Å². The molecule has 170 valence electrons. The summed E-state index contributed by atoms with van der Waals surface area (Å²) in [4.78, 5) is 14.8. The fourth-order valence-electron chi connectivity index (χ4n) is 3.40. The number of ether oxygens (including phenoxy) is 1. The third-order valence-electron chi connectivity index (χ3n) is 5.03. The number of nitrogens with zero attached hydrogens (tertiary/aromatic N) is 4. The van der Waals surface area contributed by atoms with Crippen molar-refractivity contribution < 1.29 is 27.1 Å². The zero-order chi connectivity index (χ0) is 23.6. The van der Waals surface area contributed by atoms with Crippen LogP contribution in [0.5, 0.6) is 0 Å². The normalized spacial score (nSPS) is 14.1. The number of carbonyl (C=O) groups is 1. The van der Waals surface area contributed by atoms with Crippen LogP contribution in [0.3, 0.4) is 0 Å². The number of carbonyl (C=O) groups excluding carboxylic acids is 1. The van der Waals surface area contributed by atoms with Crippen molar-refractivity contribution in [2.45, 2.75) is 6.18 Å². The summed E-state index contributed by atoms with van der Waals surface area (Å²) in [6.45, 7) is 2.20. The first-order valence-corrected chi connectivity index (χ1v) is 9.87. The molecular weight excluding hydrogens is 442 g/mol. The van der Waals surface area contributed by atoms with Gasteiger partial charge in [-0.1, -0.05) is 6.07 Å². The average molecular weight is 459 g/mol. The van der Waals surface area contributed by atoms with Gasteiger partial charge in [0.25, 0.3) is 5.91 Å². The van der Waals surface area contributed by atoms with E-state index in [1.165, 1.54) is 36.4 Å². The minimum absolute atomic E-state index is 0.0813. The zero-order valence-corrected chi connectivity index (χ0v) is 17.1. The summed E-state index contributed by atoms with van der Waals surface area (Å²) < 4.78 is 60.6. The van der Waals surface area contributed by atoms with Gasteiger partial charge in [0.15, 0.2) is 5.69 Å². The monoisotopic (exact) mass is 459 g/mol. The minimum atomic E-state index is -4.81. The molecule has 0 atom stereocenters. The lowest BCUT2D eigenvalue weighted by molar-refractivity contribution is -0.141. The van der Waals surface area contributed by atoms with Crippen molar-refractivity contribution in [2.75, 3.05) is 36.5 Å². The summed E-state index contributed by atoms with van der Waals surface area (Å²) in [6, 6.07) is 12.3. The predicted molar refractivity (Wildman–Crippen MR) is 111 cm³/mol. The molecule has 1 N–H and O–H groups in total. The van der Waals surface area contributed by atoms with Crippen molar-refractivity contribution in [1.29, 1.82) is 5.26 Å². The molecule has 3 aromatic rings. The van der Waals surface area contributed by atoms with Gasteiger partial charge in [-0.3, -0.25) is 4.79 Å². The van der Waals surface area contributed by atoms with Crippen molar-refractivity contribution in [3.8, 4) is 11.8 Å². The molecule has 7 nitrogen and oxygen atoms in total. The van der Waals surface area contributed by atoms with E-state index < -0.39 is 29.3 Å². The number of hydrogen-bond acceptors (Lipinski definition) is 5. The molecule has 11 heteroatoms. The maximum Gasteiger partial charge on any atom is 0.435 e. The second-order valence-corrected chi connectivity index (χ2v) is 7.20. The topological polar surface area (TPSA) is 83.2 Å². The molecule has 0 unspecified atom stereocenters. The highest BCUT2D eigenvalue weighted by atomic mass is 19.4. The number of hydrogen-bond donors (Lipinski definition) is 1. The Morgan fingerprint density at radius 2 is 1.85 bits per heavy atom. The minimum Gasteiger partial charge on any atom is -0.378 e. The van der Waals surface area contributed by atoms with E-state index in [-0.39, 0.29) is 16.9 Å². The van der Waals surface area contributed by atoms with Gasteiger partial charge in [0.05, 0.1) is 36.2 Å². The molecule has 1 amide bonds. The van der Waals surface area contributed by atoms with Crippen molar-refractivity contribution in [1.82, 2.24) is 9.78 Å². The number of nitrogens with one attached hydrogen (secondary N) is 1. The van der Waals surface area contributed by atoms with E-state index in [0.717, 1.165) is 4.68 Å². The highest BCUT2D eigenvalue weighted by Crippen LogP contribution is 2.30. The highest BCUT2D eigenvalue weighted by Gasteiger charge is 2.36. The quantitative estimate of drug-likeness (QED) is 0.597. The van der Waals surface area contributed by atoms with Gasteiger partial charge < -0.3 is 15.0 Å². The van der Waals surface area contributed by atoms with E-state index in [1.54, 1.807) is 6.07 Å². The molecule has 0 radical (unpaired) electrons. The van der Waals surface area contributed by atoms with Crippen molar-refractivity contribution in [3.05, 3.63) is 71.3 Å². The molecule has 1 fully saturated rings. The van der Waals surface area contributed by atoms with Crippen LogP contribution in [0.4, 0.5) is 28.9 Å². The number of anilines is 2. The summed E-state index contributed by atoms with van der Waals surface area (Å²) in [6.07, 6.45) is -4.81. The number of amides is 1. The van der Waals surface area contributed by atoms with E-state index in [0.29, 0.717) is 38.1 Å². The summed E-state index contributed by atoms with van der Waals surface area (Å²) in [5.74, 6) is -1.72. The Morgan fingerprint density at radius 1 is 1.09 bits per heavy atom. The predicted octanol–water partition coefficient (Wildman–Crippen LogP) is 3.99. The summed E-state index contributed by atoms with van der Waals surface area (Å²) in [5.41, 5.74) is -1.09. The SMILES string of the molecule is N#Cc1cccc(-n2nc(C(F)(F)F)cc2C(=O)Nc2ccc(N3CCOCC3)cc2F)c1. The fraction of sp³-hybridized carbons (Fsp3) is 0.227. The number of alkyl halides is 3. The molecule has 1 saturated heterocycles. The van der Waals surface area contributed by atoms with E-state index >= 15 is 0 Å². The van der Waals surface area contributed by atoms with Crippen LogP contribution < -0.4 is 10.2 Å². The molecule has 0 saturated carbocycles. The summed E-state index contributed by atoms with van der Waals surface area (Å²) in [5, 5.41) is 14.9. The smallest absolute Gasteiger partial charge is 0.378 e. The molecule has 0 spiro atoms. The van der Waals surface area contributed by atoms with Gasteiger partial charge >= 0.3 is 6.18 Å². The lowest BCUT2D eigenvalue weighted by Crippen LogP contribution is -2.36. The molecule has 2 aromatic carbocycles. The van der Waals surface area contributed by atoms with Crippen LogP contribution in [0.15, 0.2) is 48.5 Å². The van der Waals surface area contributed by atoms with Crippen LogP contribution in [0, 0.1) is 17.1 Å². The fourth-order valence-corrected chi connectivity index (χ4v) is 3.40. The molecular formula is C22H17F4N5O2. The standard InChI is InChI=1S/C22H17F4N5O2/c23-17-11-15(30-6-8-33-9-7-30)4-5-18(17)28-21(32)19-12-20(22(24,25)26)29-31(19)16-3-1-2-14(10-16)13-27/h1-5,10-12H,6-9H2,(H,28,32). The van der Waals surface area contributed by atoms with Gasteiger partial charge in [0, 0.05) is 24.8 Å². The van der Waals surface area contributed by atoms with Gasteiger partial charge in [-0.05, 0) is 36.4 Å². The first-order valence-electron chi connectivity index (χ1n) is 9.87. The van der Waals surface area contributed by atoms with E-state index in [1.807, 2.05) is 11.0 Å². The lowest BCUT2D eigenvalue weighted by Gasteiger charge is -2.29. The number of aromatic nitrogens is 2. The Bertz CT molecular complexity index is 1230. The third kappa shape index (κ3) is 4.80. The van der Waals surface area contributed by atoms with Crippen molar-refractivity contribution >= 4 is 17.3 Å². The summed E-state index contributed by atoms with van der Waals surface area (Å²) in [7, 11) is 0. The number of benzene rings is 2. The molecule has 1 aromatic heterocycles. The van der Waals surface area contributed by atoms with Crippen LogP contribution in [0.1, 0.15) is 21.7 Å². The maximum atomic E-state index is 14.7. The second kappa shape index (κ2) is 8.91. The van der Waals surface area contributed by atoms with Gasteiger partial charge in [-0.2, -0.15) is 23.5 Å². The van der Waals surface area contributed by atoms with Gasteiger partial charge in [-0.15, -0.1) is 0 Å². The summed E-state index contributed by atoms with van der Waals surface area (Å²) >= 11 is 0. The molecule has 0 aliphatic carbocycles. The molecule has 4 rings (SSSR count). The lowest BCUT2D eigenvalue weighted by atomic mass is 10.2. The highest BCUT2D eigenvalue weighted by molar-refractivity contribution is 6.03. The van der Waals surface area contributed by atoms with Crippen LogP contribution in [0.25, 0.3) is 5.69 Å². The van der Waals surface area contributed by atoms with Crippen LogP contribution in [-0.4, -0.2) is 42.0 Å². The number of rotatable bonds is 4. The maximum absolute atomic E-state index is 14.7. The Hall–Kier alpha value is -3.91. The first kappa shape index (κ1) is 22.3. The van der Waals surface area contributed by atoms with Gasteiger partial charge in [0.1, 0.15) is 11.5 Å². The van der Waals surface area contributed by atoms with E-state index in [2.05, 4.69) is 10.4 Å². The largest absolute Gasteiger partial charge is 0.435 e. The Balaban J connectivity index is 1.65. The number of morpholine rings is 1. The second-order valence-electron chi connectivity index (χ2n) is 7.20. The Kier molecular flexibility index (Phi) is 6.02. The molecule has 0 bridgehead atoms. The van der Waals surface area contributed by atoms with Crippen molar-refractivity contribution in [2.24, 2.45) is 0 Å². The zero-order valence-electron chi connectivity index (χ0n) is 17.1. The average Bonchev–Trinajstić information content (AvgIpc) is 3.27. The van der Waals surface area contributed by atoms with Crippen LogP contribution in [0.2, 0.25) is 0 Å². The van der Waals surface area contributed by atoms with Crippen LogP contribution >= 0.6 is 0 Å². The van der Waals surface area contributed by atoms with Gasteiger partial charge in [0.2, 0.25) is 0 Å². The van der Waals surface area contributed by atoms with Crippen LogP contribution in [-0.2, 0) is 10.9 Å². The molecule has 33 heavy (non-hydrogen) atoms. The molecule has 1 aliphatic rings.